The van der Waals surface area contributed by atoms with Crippen LogP contribution in [0.5, 0.6) is 0 Å². The first-order valence-corrected chi connectivity index (χ1v) is 8.44. The second-order valence-electron chi connectivity index (χ2n) is 3.27. The van der Waals surface area contributed by atoms with Gasteiger partial charge in [0.1, 0.15) is 10.5 Å². The van der Waals surface area contributed by atoms with Gasteiger partial charge in [-0.1, -0.05) is 0 Å². The largest absolute Gasteiger partial charge is 0.500 e. The second-order valence-corrected chi connectivity index (χ2v) is 6.94. The number of amides is 2. The normalized spacial score (nSPS) is 10.7. The summed E-state index contributed by atoms with van der Waals surface area (Å²) in [4.78, 5) is 10.4. The van der Waals surface area contributed by atoms with Crippen LogP contribution in [0.2, 0.25) is 6.04 Å². The van der Waals surface area contributed by atoms with Gasteiger partial charge in [-0.15, -0.1) is 0 Å². The molecule has 7 nitrogen and oxygen atoms in total. The smallest absolute Gasteiger partial charge is 0.428 e. The molecule has 0 aliphatic carbocycles. The molecule has 0 bridgehead atoms. The van der Waals surface area contributed by atoms with Crippen LogP contribution in [0.3, 0.4) is 0 Å². The lowest BCUT2D eigenvalue weighted by Crippen LogP contribution is -2.43. The van der Waals surface area contributed by atoms with E-state index in [-0.39, 0.29) is 0 Å². The van der Waals surface area contributed by atoms with Crippen molar-refractivity contribution in [2.24, 2.45) is 5.73 Å². The molecule has 0 aromatic rings. The van der Waals surface area contributed by atoms with Gasteiger partial charge in [0.2, 0.25) is 0 Å². The Bertz CT molecular complexity index is 195. The molecule has 18 heavy (non-hydrogen) atoms. The zero-order chi connectivity index (χ0) is 14.4. The Kier molecular flexibility index (Phi) is 14.3. The first-order valence-electron chi connectivity index (χ1n) is 5.69. The molecule has 110 valence electrons. The maximum absolute atomic E-state index is 10.4. The van der Waals surface area contributed by atoms with Crippen LogP contribution in [0, 0.1) is 0 Å². The number of rotatable bonds is 8. The monoisotopic (exact) mass is 298 g/mol. The maximum Gasteiger partial charge on any atom is 0.500 e. The summed E-state index contributed by atoms with van der Waals surface area (Å²) >= 11 is 0. The Morgan fingerprint density at radius 3 is 2.00 bits per heavy atom. The fourth-order valence-corrected chi connectivity index (χ4v) is 2.79. The molecule has 0 aliphatic heterocycles. The quantitative estimate of drug-likeness (QED) is 0.453. The topological polar surface area (TPSA) is 92.0 Å². The molecule has 0 fully saturated rings. The number of urea groups is 1. The fourth-order valence-electron chi connectivity index (χ4n) is 1.07. The van der Waals surface area contributed by atoms with E-state index >= 15 is 0 Å². The van der Waals surface area contributed by atoms with Crippen LogP contribution in [0.25, 0.3) is 0 Å². The van der Waals surface area contributed by atoms with E-state index in [9.17, 15) is 4.79 Å². The van der Waals surface area contributed by atoms with Crippen LogP contribution in [-0.2, 0) is 17.7 Å². The van der Waals surface area contributed by atoms with Gasteiger partial charge < -0.3 is 28.8 Å². The van der Waals surface area contributed by atoms with Crippen molar-refractivity contribution in [3.63, 3.8) is 0 Å². The summed E-state index contributed by atoms with van der Waals surface area (Å²) in [6.07, 6.45) is 0.713. The number of hydrogen-bond donors (Lipinski definition) is 2. The van der Waals surface area contributed by atoms with E-state index in [0.717, 1.165) is 17.1 Å². The summed E-state index contributed by atoms with van der Waals surface area (Å²) in [6, 6.07) is 0.126. The zero-order valence-corrected chi connectivity index (χ0v) is 14.9. The number of carbonyl (C=O) groups excluding carboxylic acids is 1. The van der Waals surface area contributed by atoms with Crippen molar-refractivity contribution in [2.75, 3.05) is 34.5 Å². The third-order valence-corrected chi connectivity index (χ3v) is 5.59. The highest BCUT2D eigenvalue weighted by atomic mass is 28.4. The van der Waals surface area contributed by atoms with Crippen molar-refractivity contribution < 1.29 is 22.5 Å². The molecular weight excluding hydrogens is 272 g/mol. The molecule has 0 aromatic carbocycles. The first-order chi connectivity index (χ1) is 8.51. The van der Waals surface area contributed by atoms with Gasteiger partial charge in [-0.05, 0) is 13.3 Å². The van der Waals surface area contributed by atoms with E-state index in [1.165, 1.54) is 0 Å². The summed E-state index contributed by atoms with van der Waals surface area (Å²) in [5, 5.41) is 2.48. The predicted molar refractivity (Wildman–Crippen MR) is 75.4 cm³/mol. The van der Waals surface area contributed by atoms with E-state index < -0.39 is 14.8 Å². The van der Waals surface area contributed by atoms with Gasteiger partial charge in [0.05, 0.1) is 0 Å². The SMILES string of the molecule is CCO[SiH3].CO[Si](CCCNC(N)=O)(OC)OC. The molecule has 2 amide bonds. The van der Waals surface area contributed by atoms with Gasteiger partial charge in [0, 0.05) is 40.5 Å². The van der Waals surface area contributed by atoms with E-state index in [1.54, 1.807) is 21.3 Å². The van der Waals surface area contributed by atoms with Crippen molar-refractivity contribution in [3.8, 4) is 0 Å². The second kappa shape index (κ2) is 13.0. The summed E-state index contributed by atoms with van der Waals surface area (Å²) < 4.78 is 20.3. The van der Waals surface area contributed by atoms with Crippen LogP contribution in [0.1, 0.15) is 13.3 Å². The maximum atomic E-state index is 10.4. The van der Waals surface area contributed by atoms with Crippen molar-refractivity contribution in [3.05, 3.63) is 0 Å². The van der Waals surface area contributed by atoms with E-state index in [2.05, 4.69) is 9.74 Å². The fraction of sp³-hybridized carbons (Fsp3) is 0.889. The Labute approximate surface area is 113 Å². The highest BCUT2D eigenvalue weighted by Gasteiger charge is 2.36. The highest BCUT2D eigenvalue weighted by Crippen LogP contribution is 2.14. The van der Waals surface area contributed by atoms with E-state index in [1.807, 2.05) is 6.92 Å². The lowest BCUT2D eigenvalue weighted by molar-refractivity contribution is 0.123. The molecule has 0 heterocycles. The third-order valence-electron chi connectivity index (χ3n) is 2.18. The van der Waals surface area contributed by atoms with Crippen molar-refractivity contribution in [1.29, 1.82) is 0 Å². The molecule has 3 N–H and O–H groups in total. The summed E-state index contributed by atoms with van der Waals surface area (Å²) in [7, 11) is 3.08. The molecule has 0 saturated heterocycles. The molecule has 0 unspecified atom stereocenters. The summed E-state index contributed by atoms with van der Waals surface area (Å²) in [5.74, 6) is 0. The van der Waals surface area contributed by atoms with Crippen molar-refractivity contribution in [2.45, 2.75) is 19.4 Å². The van der Waals surface area contributed by atoms with E-state index in [0.29, 0.717) is 19.0 Å². The van der Waals surface area contributed by atoms with Crippen LogP contribution in [-0.4, -0.2) is 59.8 Å². The number of nitrogens with two attached hydrogens (primary N) is 1. The minimum atomic E-state index is -2.48. The Balaban J connectivity index is 0. The minimum Gasteiger partial charge on any atom is -0.428 e. The average Bonchev–Trinajstić information content (AvgIpc) is 2.40. The number of nitrogens with one attached hydrogen (secondary N) is 1. The zero-order valence-electron chi connectivity index (χ0n) is 11.9. The van der Waals surface area contributed by atoms with Gasteiger partial charge in [-0.2, -0.15) is 0 Å². The van der Waals surface area contributed by atoms with E-state index in [4.69, 9.17) is 19.0 Å². The van der Waals surface area contributed by atoms with Crippen LogP contribution >= 0.6 is 0 Å². The highest BCUT2D eigenvalue weighted by molar-refractivity contribution is 6.60. The Morgan fingerprint density at radius 1 is 1.28 bits per heavy atom. The standard InChI is InChI=1S/C7H18N2O4Si.C2H8OSi/c1-11-14(12-2,13-3)6-4-5-9-7(8)10;1-2-3-4/h4-6H2,1-3H3,(H3,8,9,10);2H2,1,4H3. The molecule has 0 spiro atoms. The van der Waals surface area contributed by atoms with Gasteiger partial charge in [0.15, 0.2) is 0 Å². The molecule has 0 rings (SSSR count). The lowest BCUT2D eigenvalue weighted by atomic mass is 10.5. The van der Waals surface area contributed by atoms with Crippen LogP contribution < -0.4 is 11.1 Å². The summed E-state index contributed by atoms with van der Waals surface area (Å²) in [6.45, 7) is 3.37. The predicted octanol–water partition coefficient (Wildman–Crippen LogP) is -0.774. The van der Waals surface area contributed by atoms with Crippen LogP contribution in [0.4, 0.5) is 4.79 Å². The van der Waals surface area contributed by atoms with Gasteiger partial charge in [-0.3, -0.25) is 0 Å². The van der Waals surface area contributed by atoms with Gasteiger partial charge in [0.25, 0.3) is 0 Å². The van der Waals surface area contributed by atoms with Gasteiger partial charge in [-0.25, -0.2) is 4.79 Å². The lowest BCUT2D eigenvalue weighted by Gasteiger charge is -2.24. The molecule has 0 radical (unpaired) electrons. The van der Waals surface area contributed by atoms with Gasteiger partial charge >= 0.3 is 14.8 Å². The Hall–Kier alpha value is -0.456. The van der Waals surface area contributed by atoms with Crippen molar-refractivity contribution in [1.82, 2.24) is 5.32 Å². The van der Waals surface area contributed by atoms with Crippen molar-refractivity contribution >= 4 is 25.3 Å². The molecule has 0 aromatic heterocycles. The van der Waals surface area contributed by atoms with Crippen LogP contribution in [0.15, 0.2) is 0 Å². The number of primary amides is 1. The Morgan fingerprint density at radius 2 is 1.72 bits per heavy atom. The molecular formula is C9H26N2O5Si2. The molecule has 9 heteroatoms. The molecule has 0 saturated carbocycles. The molecule has 0 aliphatic rings. The number of carbonyl (C=O) groups is 1. The average molecular weight is 298 g/mol. The first kappa shape index (κ1) is 19.9. The number of hydrogen-bond acceptors (Lipinski definition) is 5. The third kappa shape index (κ3) is 10.7. The minimum absolute atomic E-state index is 0.500. The summed E-state index contributed by atoms with van der Waals surface area (Å²) in [5.41, 5.74) is 4.91. The molecule has 0 atom stereocenters.